The smallest absolute Gasteiger partial charge is 0.0412 e. The second-order valence-corrected chi connectivity index (χ2v) is 4.49. The molecule has 0 saturated heterocycles. The topological polar surface area (TPSA) is 23.9 Å². The Morgan fingerprint density at radius 2 is 1.81 bits per heavy atom. The molecule has 0 aliphatic heterocycles. The van der Waals surface area contributed by atoms with Crippen LogP contribution in [0.1, 0.15) is 6.42 Å². The van der Waals surface area contributed by atoms with E-state index in [9.17, 15) is 0 Å². The highest BCUT2D eigenvalue weighted by atomic mass is 35.5. The van der Waals surface area contributed by atoms with E-state index in [4.69, 9.17) is 17.0 Å². The van der Waals surface area contributed by atoms with Crippen LogP contribution in [-0.2, 0) is 0 Å². The lowest BCUT2D eigenvalue weighted by atomic mass is 10.0. The van der Waals surface area contributed by atoms with Gasteiger partial charge in [0.15, 0.2) is 0 Å². The van der Waals surface area contributed by atoms with Crippen molar-refractivity contribution in [1.82, 2.24) is 0 Å². The molecule has 0 saturated carbocycles. The summed E-state index contributed by atoms with van der Waals surface area (Å²) in [5.74, 6) is 0. The molecule has 0 atom stereocenters. The predicted molar refractivity (Wildman–Crippen MR) is 69.5 cm³/mol. The second-order valence-electron chi connectivity index (χ2n) is 4.05. The third-order valence-corrected chi connectivity index (χ3v) is 3.11. The lowest BCUT2D eigenvalue weighted by molar-refractivity contribution is 1.40. The summed E-state index contributed by atoms with van der Waals surface area (Å²) in [6.45, 7) is 0. The van der Waals surface area contributed by atoms with Crippen molar-refractivity contribution in [2.24, 2.45) is 0 Å². The summed E-state index contributed by atoms with van der Waals surface area (Å²) < 4.78 is 0. The predicted octanol–water partition coefficient (Wildman–Crippen LogP) is 2.48. The van der Waals surface area contributed by atoms with Gasteiger partial charge >= 0.3 is 0 Å². The van der Waals surface area contributed by atoms with Crippen LogP contribution in [0.2, 0.25) is 5.02 Å². The highest BCUT2D eigenvalue weighted by molar-refractivity contribution is 6.31. The summed E-state index contributed by atoms with van der Waals surface area (Å²) in [7, 11) is 0. The molecule has 0 unspecified atom stereocenters. The van der Waals surface area contributed by atoms with Crippen molar-refractivity contribution in [1.29, 1.82) is 5.41 Å². The molecule has 16 heavy (non-hydrogen) atoms. The average molecular weight is 228 g/mol. The number of benzene rings is 2. The number of nitrogens with one attached hydrogen (secondary N) is 1. The molecule has 1 N–H and O–H groups in total. The van der Waals surface area contributed by atoms with Crippen molar-refractivity contribution in [3.63, 3.8) is 0 Å². The molecule has 78 valence electrons. The van der Waals surface area contributed by atoms with Crippen LogP contribution in [0, 0.1) is 5.41 Å². The maximum atomic E-state index is 7.66. The highest BCUT2D eigenvalue weighted by Crippen LogP contribution is 2.16. The molecule has 0 spiro atoms. The van der Waals surface area contributed by atoms with Crippen molar-refractivity contribution < 1.29 is 0 Å². The van der Waals surface area contributed by atoms with Gasteiger partial charge in [0, 0.05) is 17.2 Å². The van der Waals surface area contributed by atoms with E-state index in [0.29, 0.717) is 5.71 Å². The van der Waals surface area contributed by atoms with Gasteiger partial charge in [0.25, 0.3) is 0 Å². The Hall–Kier alpha value is -1.60. The van der Waals surface area contributed by atoms with E-state index in [1.165, 1.54) is 10.6 Å². The molecule has 3 rings (SSSR count). The Bertz CT molecular complexity index is 713. The Kier molecular flexibility index (Phi) is 2.08. The van der Waals surface area contributed by atoms with Gasteiger partial charge in [-0.1, -0.05) is 23.7 Å². The molecule has 0 radical (unpaired) electrons. The van der Waals surface area contributed by atoms with Gasteiger partial charge < -0.3 is 5.41 Å². The Morgan fingerprint density at radius 3 is 2.69 bits per heavy atom. The molecule has 0 fully saturated rings. The van der Waals surface area contributed by atoms with Gasteiger partial charge in [0.2, 0.25) is 0 Å². The molecule has 1 aliphatic carbocycles. The third-order valence-electron chi connectivity index (χ3n) is 2.88. The van der Waals surface area contributed by atoms with Crippen molar-refractivity contribution >= 4 is 40.2 Å². The number of halogens is 1. The van der Waals surface area contributed by atoms with Gasteiger partial charge in [-0.3, -0.25) is 0 Å². The van der Waals surface area contributed by atoms with Crippen LogP contribution in [0.15, 0.2) is 30.3 Å². The molecule has 0 heterocycles. The fourth-order valence-electron chi connectivity index (χ4n) is 2.07. The molecule has 0 aromatic heterocycles. The zero-order chi connectivity index (χ0) is 11.1. The Morgan fingerprint density at radius 1 is 1.00 bits per heavy atom. The van der Waals surface area contributed by atoms with Gasteiger partial charge in [-0.25, -0.2) is 0 Å². The molecule has 2 aromatic carbocycles. The average Bonchev–Trinajstić information content (AvgIpc) is 2.26. The van der Waals surface area contributed by atoms with Crippen molar-refractivity contribution in [2.45, 2.75) is 6.42 Å². The second kappa shape index (κ2) is 3.46. The number of fused-ring (bicyclic) bond motifs is 2. The van der Waals surface area contributed by atoms with Crippen LogP contribution in [0.25, 0.3) is 22.9 Å². The first-order valence-electron chi connectivity index (χ1n) is 5.21. The number of rotatable bonds is 0. The lowest BCUT2D eigenvalue weighted by Gasteiger charge is -2.04. The molecular weight excluding hydrogens is 218 g/mol. The zero-order valence-corrected chi connectivity index (χ0v) is 9.38. The Balaban J connectivity index is 2.45. The maximum Gasteiger partial charge on any atom is 0.0412 e. The Labute approximate surface area is 98.2 Å². The van der Waals surface area contributed by atoms with Gasteiger partial charge in [-0.2, -0.15) is 0 Å². The first-order valence-corrected chi connectivity index (χ1v) is 5.59. The highest BCUT2D eigenvalue weighted by Gasteiger charge is 2.01. The normalized spacial score (nSPS) is 14.2. The number of hydrogen-bond donors (Lipinski definition) is 1. The molecule has 1 nitrogen and oxygen atoms in total. The van der Waals surface area contributed by atoms with Gasteiger partial charge in [0.1, 0.15) is 0 Å². The largest absolute Gasteiger partial charge is 0.305 e. The minimum atomic E-state index is 0.661. The number of hydrogen-bond acceptors (Lipinski definition) is 1. The summed E-state index contributed by atoms with van der Waals surface area (Å²) in [4.78, 5) is 0. The van der Waals surface area contributed by atoms with E-state index in [1.54, 1.807) is 0 Å². The fraction of sp³-hybridized carbons (Fsp3) is 0.0714. The van der Waals surface area contributed by atoms with Crippen molar-refractivity contribution in [3.05, 3.63) is 45.8 Å². The summed E-state index contributed by atoms with van der Waals surface area (Å²) in [6.07, 6.45) is 4.76. The van der Waals surface area contributed by atoms with Crippen LogP contribution in [-0.4, -0.2) is 5.71 Å². The SMILES string of the molecule is N=C1C=c2cc3cc(Cl)ccc3cc2=CC1. The standard InChI is InChI=1S/C14H10ClN/c15-13-3-1-9-5-10-2-4-14(16)8-12(10)6-11(9)7-13/h1-3,5-8,16H,4H2. The first kappa shape index (κ1) is 9.61. The molecule has 0 amide bonds. The van der Waals surface area contributed by atoms with Crippen LogP contribution < -0.4 is 10.4 Å². The third kappa shape index (κ3) is 1.54. The van der Waals surface area contributed by atoms with E-state index in [2.05, 4.69) is 18.2 Å². The van der Waals surface area contributed by atoms with Crippen molar-refractivity contribution in [3.8, 4) is 0 Å². The summed E-state index contributed by atoms with van der Waals surface area (Å²) in [6, 6.07) is 10.2. The molecular formula is C14H10ClN. The van der Waals surface area contributed by atoms with Crippen LogP contribution >= 0.6 is 11.6 Å². The minimum absolute atomic E-state index is 0.661. The fourth-order valence-corrected chi connectivity index (χ4v) is 2.25. The zero-order valence-electron chi connectivity index (χ0n) is 8.63. The van der Waals surface area contributed by atoms with Crippen LogP contribution in [0.3, 0.4) is 0 Å². The van der Waals surface area contributed by atoms with E-state index in [0.717, 1.165) is 22.0 Å². The van der Waals surface area contributed by atoms with Gasteiger partial charge in [-0.15, -0.1) is 0 Å². The molecule has 1 aliphatic rings. The summed E-state index contributed by atoms with van der Waals surface area (Å²) in [5.41, 5.74) is 0.661. The lowest BCUT2D eigenvalue weighted by Crippen LogP contribution is -2.28. The first-order chi connectivity index (χ1) is 7.72. The van der Waals surface area contributed by atoms with E-state index in [1.807, 2.05) is 24.3 Å². The van der Waals surface area contributed by atoms with E-state index >= 15 is 0 Å². The molecule has 0 bridgehead atoms. The summed E-state index contributed by atoms with van der Waals surface area (Å²) >= 11 is 5.97. The summed E-state index contributed by atoms with van der Waals surface area (Å²) in [5, 5.41) is 13.1. The van der Waals surface area contributed by atoms with Crippen LogP contribution in [0.4, 0.5) is 0 Å². The molecule has 2 aromatic rings. The monoisotopic (exact) mass is 227 g/mol. The molecule has 2 heteroatoms. The van der Waals surface area contributed by atoms with E-state index in [-0.39, 0.29) is 0 Å². The van der Waals surface area contributed by atoms with Crippen LogP contribution in [0.5, 0.6) is 0 Å². The van der Waals surface area contributed by atoms with E-state index < -0.39 is 0 Å². The van der Waals surface area contributed by atoms with Crippen molar-refractivity contribution in [2.75, 3.05) is 0 Å². The van der Waals surface area contributed by atoms with Gasteiger partial charge in [0.05, 0.1) is 0 Å². The van der Waals surface area contributed by atoms with Gasteiger partial charge in [-0.05, 0) is 51.6 Å². The minimum Gasteiger partial charge on any atom is -0.305 e. The quantitative estimate of drug-likeness (QED) is 0.715. The maximum absolute atomic E-state index is 7.66.